The van der Waals surface area contributed by atoms with E-state index >= 15 is 0 Å². The molecule has 0 saturated carbocycles. The molecule has 0 aromatic heterocycles. The number of nitrogens with zero attached hydrogens (tertiary/aromatic N) is 1. The van der Waals surface area contributed by atoms with Crippen molar-refractivity contribution in [2.45, 2.75) is 32.8 Å². The average molecular weight is 423 g/mol. The van der Waals surface area contributed by atoms with Crippen molar-refractivity contribution in [3.05, 3.63) is 65.7 Å². The van der Waals surface area contributed by atoms with E-state index in [1.807, 2.05) is 6.92 Å². The Kier molecular flexibility index (Phi) is 7.18. The van der Waals surface area contributed by atoms with Gasteiger partial charge in [0.25, 0.3) is 0 Å². The van der Waals surface area contributed by atoms with Gasteiger partial charge in [-0.05, 0) is 37.6 Å². The zero-order chi connectivity index (χ0) is 22.4. The highest BCUT2D eigenvalue weighted by molar-refractivity contribution is 6.02. The molecule has 0 unspecified atom stereocenters. The third-order valence-electron chi connectivity index (χ3n) is 5.03. The molecule has 3 rings (SSSR count). The van der Waals surface area contributed by atoms with Crippen molar-refractivity contribution in [3.8, 4) is 0 Å². The normalized spacial score (nSPS) is 16.6. The first-order valence-electron chi connectivity index (χ1n) is 10.3. The van der Waals surface area contributed by atoms with Crippen LogP contribution in [0.2, 0.25) is 0 Å². The number of amides is 1. The molecule has 2 aromatic carbocycles. The van der Waals surface area contributed by atoms with Crippen molar-refractivity contribution in [1.82, 2.24) is 0 Å². The summed E-state index contributed by atoms with van der Waals surface area (Å²) >= 11 is 0. The Bertz CT molecular complexity index is 954. The Morgan fingerprint density at radius 2 is 1.71 bits per heavy atom. The molecule has 162 valence electrons. The second kappa shape index (κ2) is 10.0. The highest BCUT2D eigenvalue weighted by Gasteiger charge is 2.37. The van der Waals surface area contributed by atoms with E-state index in [9.17, 15) is 19.2 Å². The van der Waals surface area contributed by atoms with Gasteiger partial charge in [0, 0.05) is 24.2 Å². The summed E-state index contributed by atoms with van der Waals surface area (Å²) in [6.45, 7) is 3.94. The number of hydrogen-bond donors (Lipinski definition) is 0. The largest absolute Gasteiger partial charge is 0.462 e. The molecule has 31 heavy (non-hydrogen) atoms. The van der Waals surface area contributed by atoms with E-state index in [0.29, 0.717) is 23.4 Å². The molecule has 0 spiro atoms. The number of ether oxygens (including phenoxy) is 2. The highest BCUT2D eigenvalue weighted by atomic mass is 16.5. The third kappa shape index (κ3) is 5.36. The van der Waals surface area contributed by atoms with E-state index < -0.39 is 24.0 Å². The van der Waals surface area contributed by atoms with Crippen LogP contribution in [0.15, 0.2) is 54.6 Å². The molecule has 2 atom stereocenters. The van der Waals surface area contributed by atoms with Gasteiger partial charge in [0.2, 0.25) is 11.7 Å². The van der Waals surface area contributed by atoms with Crippen LogP contribution < -0.4 is 4.90 Å². The van der Waals surface area contributed by atoms with Crippen LogP contribution in [-0.2, 0) is 19.1 Å². The number of ketones is 1. The molecular weight excluding hydrogens is 398 g/mol. The summed E-state index contributed by atoms with van der Waals surface area (Å²) in [5.74, 6) is -2.16. The van der Waals surface area contributed by atoms with Crippen LogP contribution in [0, 0.1) is 5.92 Å². The van der Waals surface area contributed by atoms with Crippen LogP contribution in [0.1, 0.15) is 47.4 Å². The van der Waals surface area contributed by atoms with Crippen molar-refractivity contribution in [3.63, 3.8) is 0 Å². The van der Waals surface area contributed by atoms with Crippen LogP contribution in [-0.4, -0.2) is 42.9 Å². The maximum absolute atomic E-state index is 12.5. The minimum Gasteiger partial charge on any atom is -0.462 e. The zero-order valence-electron chi connectivity index (χ0n) is 17.6. The zero-order valence-corrected chi connectivity index (χ0v) is 17.6. The lowest BCUT2D eigenvalue weighted by Crippen LogP contribution is -2.30. The molecule has 1 fully saturated rings. The molecule has 0 aliphatic carbocycles. The summed E-state index contributed by atoms with van der Waals surface area (Å²) < 4.78 is 10.4. The fourth-order valence-corrected chi connectivity index (χ4v) is 3.33. The van der Waals surface area contributed by atoms with Gasteiger partial charge in [0.15, 0.2) is 6.10 Å². The van der Waals surface area contributed by atoms with Gasteiger partial charge in [-0.2, -0.15) is 0 Å². The maximum atomic E-state index is 12.5. The molecule has 7 nitrogen and oxygen atoms in total. The van der Waals surface area contributed by atoms with Crippen molar-refractivity contribution in [1.29, 1.82) is 0 Å². The number of hydrogen-bond acceptors (Lipinski definition) is 6. The first-order chi connectivity index (χ1) is 14.9. The minimum absolute atomic E-state index is 0.00533. The number of benzene rings is 2. The molecule has 7 heteroatoms. The fourth-order valence-electron chi connectivity index (χ4n) is 3.33. The van der Waals surface area contributed by atoms with E-state index in [-0.39, 0.29) is 24.7 Å². The lowest BCUT2D eigenvalue weighted by atomic mass is 10.1. The van der Waals surface area contributed by atoms with Gasteiger partial charge in [-0.15, -0.1) is 0 Å². The van der Waals surface area contributed by atoms with E-state index in [0.717, 1.165) is 6.42 Å². The fraction of sp³-hybridized carbons (Fsp3) is 0.333. The number of anilines is 1. The summed E-state index contributed by atoms with van der Waals surface area (Å²) in [5.41, 5.74) is 1.44. The predicted octanol–water partition coefficient (Wildman–Crippen LogP) is 3.42. The highest BCUT2D eigenvalue weighted by Crippen LogP contribution is 2.27. The monoisotopic (exact) mass is 423 g/mol. The quantitative estimate of drug-likeness (QED) is 0.477. The van der Waals surface area contributed by atoms with Gasteiger partial charge >= 0.3 is 11.9 Å². The second-order valence-corrected chi connectivity index (χ2v) is 7.40. The van der Waals surface area contributed by atoms with Crippen LogP contribution in [0.5, 0.6) is 0 Å². The van der Waals surface area contributed by atoms with Crippen LogP contribution in [0.3, 0.4) is 0 Å². The van der Waals surface area contributed by atoms with Gasteiger partial charge < -0.3 is 14.4 Å². The first-order valence-corrected chi connectivity index (χ1v) is 10.3. The molecule has 0 N–H and O–H groups in total. The number of carbonyl (C=O) groups is 4. The lowest BCUT2D eigenvalue weighted by Gasteiger charge is -2.18. The van der Waals surface area contributed by atoms with E-state index in [1.54, 1.807) is 54.6 Å². The first kappa shape index (κ1) is 22.2. The molecule has 1 aliphatic rings. The molecule has 1 heterocycles. The van der Waals surface area contributed by atoms with Crippen molar-refractivity contribution in [2.24, 2.45) is 5.92 Å². The van der Waals surface area contributed by atoms with E-state index in [2.05, 4.69) is 0 Å². The number of rotatable bonds is 8. The standard InChI is InChI=1S/C24H25NO6/c1-3-13-30-23(28)18-9-11-20(12-10-18)25-15-19(14-21(25)26)24(29)31-16(2)22(27)17-7-5-4-6-8-17/h4-12,16,19H,3,13-15H2,1-2H3/t16-,19+/m1/s1. The summed E-state index contributed by atoms with van der Waals surface area (Å²) in [7, 11) is 0. The Hall–Kier alpha value is -3.48. The van der Waals surface area contributed by atoms with Gasteiger partial charge in [0.1, 0.15) is 0 Å². The van der Waals surface area contributed by atoms with Crippen molar-refractivity contribution >= 4 is 29.3 Å². The third-order valence-corrected chi connectivity index (χ3v) is 5.03. The summed E-state index contributed by atoms with van der Waals surface area (Å²) in [4.78, 5) is 50.8. The summed E-state index contributed by atoms with van der Waals surface area (Å²) in [6, 6.07) is 15.1. The molecule has 0 radical (unpaired) electrons. The maximum Gasteiger partial charge on any atom is 0.338 e. The van der Waals surface area contributed by atoms with Gasteiger partial charge in [-0.1, -0.05) is 37.3 Å². The van der Waals surface area contributed by atoms with Gasteiger partial charge in [-0.3, -0.25) is 14.4 Å². The Morgan fingerprint density at radius 1 is 1.03 bits per heavy atom. The number of carbonyl (C=O) groups excluding carboxylic acids is 4. The second-order valence-electron chi connectivity index (χ2n) is 7.40. The SMILES string of the molecule is CCCOC(=O)c1ccc(N2C[C@@H](C(=O)O[C@H](C)C(=O)c3ccccc3)CC2=O)cc1. The molecule has 0 bridgehead atoms. The lowest BCUT2D eigenvalue weighted by molar-refractivity contribution is -0.151. The van der Waals surface area contributed by atoms with Gasteiger partial charge in [0.05, 0.1) is 18.1 Å². The van der Waals surface area contributed by atoms with Crippen molar-refractivity contribution < 1.29 is 28.7 Å². The average Bonchev–Trinajstić information content (AvgIpc) is 3.19. The Labute approximate surface area is 180 Å². The number of Topliss-reactive ketones (excluding diaryl/α,β-unsaturated/α-hetero) is 1. The molecular formula is C24H25NO6. The topological polar surface area (TPSA) is 90.0 Å². The Balaban J connectivity index is 1.60. The van der Waals surface area contributed by atoms with Crippen LogP contribution >= 0.6 is 0 Å². The van der Waals surface area contributed by atoms with Crippen molar-refractivity contribution in [2.75, 3.05) is 18.1 Å². The Morgan fingerprint density at radius 3 is 2.35 bits per heavy atom. The van der Waals surface area contributed by atoms with Crippen LogP contribution in [0.25, 0.3) is 0 Å². The summed E-state index contributed by atoms with van der Waals surface area (Å²) in [5, 5.41) is 0. The van der Waals surface area contributed by atoms with Crippen LogP contribution in [0.4, 0.5) is 5.69 Å². The molecule has 1 saturated heterocycles. The van der Waals surface area contributed by atoms with Gasteiger partial charge in [-0.25, -0.2) is 4.79 Å². The van der Waals surface area contributed by atoms with E-state index in [1.165, 1.54) is 11.8 Å². The molecule has 2 aromatic rings. The summed E-state index contributed by atoms with van der Waals surface area (Å²) in [6.07, 6.45) is -0.197. The predicted molar refractivity (Wildman–Crippen MR) is 114 cm³/mol. The smallest absolute Gasteiger partial charge is 0.338 e. The number of esters is 2. The minimum atomic E-state index is -0.938. The molecule has 1 amide bonds. The molecule has 1 aliphatic heterocycles. The van der Waals surface area contributed by atoms with E-state index in [4.69, 9.17) is 9.47 Å².